The van der Waals surface area contributed by atoms with Crippen molar-refractivity contribution in [3.63, 3.8) is 0 Å². The number of carbonyl (C=O) groups excluding carboxylic acids is 1. The van der Waals surface area contributed by atoms with E-state index in [1.807, 2.05) is 42.5 Å². The highest BCUT2D eigenvalue weighted by Crippen LogP contribution is 2.43. The quantitative estimate of drug-likeness (QED) is 0.155. The minimum Gasteiger partial charge on any atom is -0.496 e. The predicted octanol–water partition coefficient (Wildman–Crippen LogP) is 6.44. The molecule has 1 saturated heterocycles. The highest BCUT2D eigenvalue weighted by atomic mass is 35.5. The van der Waals surface area contributed by atoms with Crippen LogP contribution in [0.25, 0.3) is 33.6 Å². The average Bonchev–Trinajstić information content (AvgIpc) is 3.72. The van der Waals surface area contributed by atoms with Crippen molar-refractivity contribution in [2.24, 2.45) is 0 Å². The van der Waals surface area contributed by atoms with Gasteiger partial charge in [-0.1, -0.05) is 47.5 Å². The standard InChI is InChI=1S/C38H41Cl2N5O4/c1-48-32-19-25(18-23-11-16-45(22-30(23)32)17-14-38(47)12-13-38)36-35(40)28(10-15-42-36)27-4-3-5-29(34(27)39)31-8-6-24(37(44-31)49-2)20-41-21-26-7-9-33(46)43-26/h3-6,8,10,15,18-19,26,41,47H,7,9,11-14,16-17,20-22H2,1-2H3,(H,43,46)/t26-/m0/s1. The summed E-state index contributed by atoms with van der Waals surface area (Å²) in [6, 6.07) is 16.0. The van der Waals surface area contributed by atoms with E-state index in [4.69, 9.17) is 42.6 Å². The SMILES string of the molecule is COc1cc(-c2nccc(-c3cccc(-c4ccc(CNC[C@@H]5CCC(=O)N5)c(OC)n4)c3Cl)c2Cl)cc2c1CN(CCC1(O)CC1)CC2. The highest BCUT2D eigenvalue weighted by Gasteiger charge is 2.40. The largest absolute Gasteiger partial charge is 0.496 e. The van der Waals surface area contributed by atoms with E-state index in [0.717, 1.165) is 85.3 Å². The molecule has 2 fully saturated rings. The highest BCUT2D eigenvalue weighted by molar-refractivity contribution is 6.39. The number of aromatic nitrogens is 2. The van der Waals surface area contributed by atoms with Crippen molar-refractivity contribution in [2.45, 2.75) is 63.3 Å². The molecular weight excluding hydrogens is 661 g/mol. The van der Waals surface area contributed by atoms with Crippen LogP contribution >= 0.6 is 23.2 Å². The predicted molar refractivity (Wildman–Crippen MR) is 192 cm³/mol. The molecule has 1 aliphatic carbocycles. The molecule has 7 rings (SSSR count). The summed E-state index contributed by atoms with van der Waals surface area (Å²) in [4.78, 5) is 23.4. The smallest absolute Gasteiger partial charge is 0.220 e. The van der Waals surface area contributed by atoms with Gasteiger partial charge in [0.25, 0.3) is 0 Å². The van der Waals surface area contributed by atoms with Crippen molar-refractivity contribution in [2.75, 3.05) is 33.9 Å². The molecule has 3 N–H and O–H groups in total. The van der Waals surface area contributed by atoms with Crippen LogP contribution in [0.15, 0.2) is 54.7 Å². The van der Waals surface area contributed by atoms with Gasteiger partial charge in [-0.3, -0.25) is 14.7 Å². The van der Waals surface area contributed by atoms with Gasteiger partial charge in [-0.25, -0.2) is 4.98 Å². The number of carbonyl (C=O) groups is 1. The monoisotopic (exact) mass is 701 g/mol. The number of hydrogen-bond acceptors (Lipinski definition) is 8. The summed E-state index contributed by atoms with van der Waals surface area (Å²) < 4.78 is 11.6. The Bertz CT molecular complexity index is 1860. The minimum absolute atomic E-state index is 0.103. The minimum atomic E-state index is -0.451. The second-order valence-electron chi connectivity index (χ2n) is 13.3. The van der Waals surface area contributed by atoms with Crippen molar-refractivity contribution < 1.29 is 19.4 Å². The number of nitrogens with one attached hydrogen (secondary N) is 2. The van der Waals surface area contributed by atoms with E-state index in [1.54, 1.807) is 20.4 Å². The average molecular weight is 703 g/mol. The van der Waals surface area contributed by atoms with Gasteiger partial charge in [-0.05, 0) is 61.9 Å². The number of fused-ring (bicyclic) bond motifs is 1. The van der Waals surface area contributed by atoms with E-state index in [2.05, 4.69) is 21.6 Å². The molecular formula is C38H41Cl2N5O4. The molecule has 11 heteroatoms. The van der Waals surface area contributed by atoms with Crippen LogP contribution in [0, 0.1) is 0 Å². The Morgan fingerprint density at radius 3 is 2.61 bits per heavy atom. The number of aliphatic hydroxyl groups is 1. The van der Waals surface area contributed by atoms with Gasteiger partial charge in [0.05, 0.1) is 41.3 Å². The Morgan fingerprint density at radius 2 is 1.86 bits per heavy atom. The van der Waals surface area contributed by atoms with Gasteiger partial charge in [0.2, 0.25) is 11.8 Å². The maximum Gasteiger partial charge on any atom is 0.220 e. The van der Waals surface area contributed by atoms with Crippen LogP contribution < -0.4 is 20.1 Å². The van der Waals surface area contributed by atoms with E-state index >= 15 is 0 Å². The molecule has 0 unspecified atom stereocenters. The summed E-state index contributed by atoms with van der Waals surface area (Å²) in [7, 11) is 3.31. The topological polar surface area (TPSA) is 109 Å². The fourth-order valence-corrected chi connectivity index (χ4v) is 7.54. The van der Waals surface area contributed by atoms with Gasteiger partial charge in [0.1, 0.15) is 5.75 Å². The second-order valence-corrected chi connectivity index (χ2v) is 14.1. The van der Waals surface area contributed by atoms with E-state index < -0.39 is 5.60 Å². The number of benzene rings is 2. The number of halogens is 2. The van der Waals surface area contributed by atoms with Crippen molar-refractivity contribution in [3.05, 3.63) is 81.5 Å². The number of methoxy groups -OCH3 is 2. The van der Waals surface area contributed by atoms with Crippen LogP contribution in [0.2, 0.25) is 10.0 Å². The molecule has 3 aliphatic rings. The molecule has 49 heavy (non-hydrogen) atoms. The van der Waals surface area contributed by atoms with Crippen molar-refractivity contribution in [3.8, 4) is 45.3 Å². The molecule has 0 spiro atoms. The van der Waals surface area contributed by atoms with Gasteiger partial charge in [-0.2, -0.15) is 0 Å². The molecule has 1 saturated carbocycles. The van der Waals surface area contributed by atoms with Gasteiger partial charge in [-0.15, -0.1) is 0 Å². The van der Waals surface area contributed by atoms with Crippen LogP contribution in [0.5, 0.6) is 11.6 Å². The number of hydrogen-bond donors (Lipinski definition) is 3. The van der Waals surface area contributed by atoms with Crippen LogP contribution in [0.4, 0.5) is 0 Å². The fraction of sp³-hybridized carbons (Fsp3) is 0.395. The Morgan fingerprint density at radius 1 is 1.04 bits per heavy atom. The summed E-state index contributed by atoms with van der Waals surface area (Å²) >= 11 is 14.3. The molecule has 0 radical (unpaired) electrons. The fourth-order valence-electron chi connectivity index (χ4n) is 6.89. The molecule has 0 bridgehead atoms. The maximum absolute atomic E-state index is 11.5. The van der Waals surface area contributed by atoms with E-state index in [9.17, 15) is 9.90 Å². The zero-order valence-electron chi connectivity index (χ0n) is 27.8. The van der Waals surface area contributed by atoms with Gasteiger partial charge in [0, 0.05) is 84.8 Å². The Kier molecular flexibility index (Phi) is 9.81. The second kappa shape index (κ2) is 14.2. The van der Waals surface area contributed by atoms with Crippen LogP contribution in [-0.2, 0) is 24.3 Å². The van der Waals surface area contributed by atoms with Crippen LogP contribution in [0.3, 0.4) is 0 Å². The van der Waals surface area contributed by atoms with Crippen LogP contribution in [0.1, 0.15) is 48.8 Å². The number of nitrogens with zero attached hydrogens (tertiary/aromatic N) is 3. The molecule has 2 aliphatic heterocycles. The van der Waals surface area contributed by atoms with Crippen molar-refractivity contribution in [1.82, 2.24) is 25.5 Å². The molecule has 2 aromatic heterocycles. The lowest BCUT2D eigenvalue weighted by Crippen LogP contribution is -2.35. The normalized spacial score (nSPS) is 18.2. The first kappa shape index (κ1) is 33.8. The first-order valence-electron chi connectivity index (χ1n) is 16.9. The molecule has 1 amide bonds. The van der Waals surface area contributed by atoms with Gasteiger partial charge < -0.3 is 25.2 Å². The summed E-state index contributed by atoms with van der Waals surface area (Å²) in [5.41, 5.74) is 7.40. The zero-order valence-corrected chi connectivity index (χ0v) is 29.3. The van der Waals surface area contributed by atoms with Gasteiger partial charge in [0.15, 0.2) is 0 Å². The van der Waals surface area contributed by atoms with E-state index in [1.165, 1.54) is 11.1 Å². The lowest BCUT2D eigenvalue weighted by molar-refractivity contribution is -0.119. The molecule has 2 aromatic carbocycles. The third-order valence-corrected chi connectivity index (χ3v) is 10.8. The lowest BCUT2D eigenvalue weighted by Gasteiger charge is -2.31. The van der Waals surface area contributed by atoms with Crippen LogP contribution in [-0.4, -0.2) is 71.4 Å². The lowest BCUT2D eigenvalue weighted by atomic mass is 9.93. The molecule has 1 atom stereocenters. The molecule has 4 aromatic rings. The summed E-state index contributed by atoms with van der Waals surface area (Å²) in [5.74, 6) is 1.43. The number of pyridine rings is 2. The summed E-state index contributed by atoms with van der Waals surface area (Å²) in [6.45, 7) is 3.83. The van der Waals surface area contributed by atoms with E-state index in [0.29, 0.717) is 46.8 Å². The summed E-state index contributed by atoms with van der Waals surface area (Å²) in [6.07, 6.45) is 6.69. The van der Waals surface area contributed by atoms with Gasteiger partial charge >= 0.3 is 0 Å². The third kappa shape index (κ3) is 7.28. The first-order chi connectivity index (χ1) is 23.7. The number of rotatable bonds is 12. The molecule has 9 nitrogen and oxygen atoms in total. The Balaban J connectivity index is 1.13. The van der Waals surface area contributed by atoms with Crippen molar-refractivity contribution >= 4 is 29.1 Å². The molecule has 4 heterocycles. The Labute approximate surface area is 297 Å². The summed E-state index contributed by atoms with van der Waals surface area (Å²) in [5, 5.41) is 17.7. The van der Waals surface area contributed by atoms with Crippen molar-refractivity contribution in [1.29, 1.82) is 0 Å². The van der Waals surface area contributed by atoms with E-state index in [-0.39, 0.29) is 11.9 Å². The first-order valence-corrected chi connectivity index (χ1v) is 17.6. The number of amides is 1. The number of ether oxygens (including phenoxy) is 2. The zero-order chi connectivity index (χ0) is 34.1. The Hall–Kier alpha value is -3.73. The maximum atomic E-state index is 11.5. The molecule has 256 valence electrons. The third-order valence-electron chi connectivity index (χ3n) is 9.97.